The first-order valence-corrected chi connectivity index (χ1v) is 9.42. The second-order valence-corrected chi connectivity index (χ2v) is 7.07. The smallest absolute Gasteiger partial charge is 0.306 e. The van der Waals surface area contributed by atoms with E-state index in [1.165, 1.54) is 11.1 Å². The molecule has 0 aliphatic rings. The zero-order valence-electron chi connectivity index (χ0n) is 17.0. The van der Waals surface area contributed by atoms with Crippen LogP contribution in [0.2, 0.25) is 0 Å². The van der Waals surface area contributed by atoms with Crippen molar-refractivity contribution in [3.05, 3.63) is 51.8 Å². The van der Waals surface area contributed by atoms with E-state index in [4.69, 9.17) is 14.8 Å². The molecule has 0 N–H and O–H groups in total. The van der Waals surface area contributed by atoms with Crippen molar-refractivity contribution >= 4 is 17.0 Å². The van der Waals surface area contributed by atoms with Gasteiger partial charge in [0.25, 0.3) is 0 Å². The summed E-state index contributed by atoms with van der Waals surface area (Å²) in [4.78, 5) is 16.6. The quantitative estimate of drug-likeness (QED) is 0.627. The van der Waals surface area contributed by atoms with E-state index in [-0.39, 0.29) is 5.97 Å². The number of nitrogens with zero attached hydrogens (tertiary/aromatic N) is 3. The minimum Gasteiger partial charge on any atom is -0.466 e. The molecule has 0 fully saturated rings. The van der Waals surface area contributed by atoms with Crippen molar-refractivity contribution in [3.63, 3.8) is 0 Å². The van der Waals surface area contributed by atoms with Crippen LogP contribution < -0.4 is 0 Å². The Labute approximate surface area is 160 Å². The maximum Gasteiger partial charge on any atom is 0.306 e. The van der Waals surface area contributed by atoms with Gasteiger partial charge in [-0.05, 0) is 82.3 Å². The van der Waals surface area contributed by atoms with Crippen molar-refractivity contribution in [3.8, 4) is 5.69 Å². The second-order valence-electron chi connectivity index (χ2n) is 7.07. The maximum absolute atomic E-state index is 11.8. The summed E-state index contributed by atoms with van der Waals surface area (Å²) in [6.07, 6.45) is 1.00. The van der Waals surface area contributed by atoms with Gasteiger partial charge in [-0.3, -0.25) is 4.79 Å². The van der Waals surface area contributed by atoms with Gasteiger partial charge in [0, 0.05) is 17.5 Å². The number of carbonyl (C=O) groups is 1. The number of ether oxygens (including phenoxy) is 1. The molecule has 1 aromatic carbocycles. The lowest BCUT2D eigenvalue weighted by Crippen LogP contribution is -2.08. The van der Waals surface area contributed by atoms with Gasteiger partial charge in [0.2, 0.25) is 0 Å². The van der Waals surface area contributed by atoms with Crippen LogP contribution in [0.1, 0.15) is 47.0 Å². The van der Waals surface area contributed by atoms with Crippen LogP contribution in [0.25, 0.3) is 16.7 Å². The Morgan fingerprint density at radius 2 is 1.81 bits per heavy atom. The van der Waals surface area contributed by atoms with Crippen LogP contribution in [0.3, 0.4) is 0 Å². The summed E-state index contributed by atoms with van der Waals surface area (Å²) >= 11 is 0. The Morgan fingerprint density at radius 3 is 2.48 bits per heavy atom. The van der Waals surface area contributed by atoms with E-state index in [2.05, 4.69) is 39.0 Å². The highest BCUT2D eigenvalue weighted by molar-refractivity contribution is 5.85. The molecule has 0 amide bonds. The number of aromatic nitrogens is 3. The fourth-order valence-corrected chi connectivity index (χ4v) is 3.57. The molecular weight excluding hydrogens is 338 g/mol. The standard InChI is InChI=1S/C22H27N3O2/c1-7-27-20(26)11-10-19-15(4)21-17(6)24-25(22(21)23-16(19)5)18-9-8-13(2)14(3)12-18/h8-9,12H,7,10-11H2,1-6H3. The fraction of sp³-hybridized carbons (Fsp3) is 0.409. The number of pyridine rings is 1. The van der Waals surface area contributed by atoms with E-state index in [0.29, 0.717) is 19.4 Å². The van der Waals surface area contributed by atoms with Crippen LogP contribution in [-0.2, 0) is 16.0 Å². The zero-order valence-corrected chi connectivity index (χ0v) is 17.0. The van der Waals surface area contributed by atoms with Gasteiger partial charge in [-0.25, -0.2) is 9.67 Å². The number of rotatable bonds is 5. The lowest BCUT2D eigenvalue weighted by molar-refractivity contribution is -0.143. The molecule has 142 valence electrons. The number of esters is 1. The van der Waals surface area contributed by atoms with Crippen molar-refractivity contribution in [2.75, 3.05) is 6.61 Å². The number of benzene rings is 1. The van der Waals surface area contributed by atoms with E-state index in [0.717, 1.165) is 39.2 Å². The van der Waals surface area contributed by atoms with Crippen molar-refractivity contribution < 1.29 is 9.53 Å². The Kier molecular flexibility index (Phi) is 5.31. The molecule has 0 bridgehead atoms. The fourth-order valence-electron chi connectivity index (χ4n) is 3.57. The molecule has 0 atom stereocenters. The largest absolute Gasteiger partial charge is 0.466 e. The number of hydrogen-bond donors (Lipinski definition) is 0. The molecule has 27 heavy (non-hydrogen) atoms. The molecule has 2 aromatic heterocycles. The summed E-state index contributed by atoms with van der Waals surface area (Å²) in [5, 5.41) is 5.83. The van der Waals surface area contributed by atoms with E-state index in [1.807, 2.05) is 25.5 Å². The number of fused-ring (bicyclic) bond motifs is 1. The van der Waals surface area contributed by atoms with Gasteiger partial charge in [-0.2, -0.15) is 5.10 Å². The molecule has 0 unspecified atom stereocenters. The van der Waals surface area contributed by atoms with E-state index >= 15 is 0 Å². The maximum atomic E-state index is 11.8. The molecule has 3 rings (SSSR count). The van der Waals surface area contributed by atoms with Gasteiger partial charge in [-0.1, -0.05) is 6.07 Å². The topological polar surface area (TPSA) is 57.0 Å². The van der Waals surface area contributed by atoms with Gasteiger partial charge in [0.1, 0.15) is 0 Å². The van der Waals surface area contributed by atoms with Crippen LogP contribution in [0.4, 0.5) is 0 Å². The van der Waals surface area contributed by atoms with Crippen molar-refractivity contribution in [1.82, 2.24) is 14.8 Å². The molecular formula is C22H27N3O2. The van der Waals surface area contributed by atoms with Gasteiger partial charge in [0.15, 0.2) is 5.65 Å². The molecule has 0 aliphatic heterocycles. The highest BCUT2D eigenvalue weighted by atomic mass is 16.5. The number of carbonyl (C=O) groups excluding carboxylic acids is 1. The average molecular weight is 365 g/mol. The zero-order chi connectivity index (χ0) is 19.7. The lowest BCUT2D eigenvalue weighted by atomic mass is 9.99. The Balaban J connectivity index is 2.08. The predicted octanol–water partition coefficient (Wildman–Crippen LogP) is 4.46. The third-order valence-corrected chi connectivity index (χ3v) is 5.19. The molecule has 0 saturated heterocycles. The van der Waals surface area contributed by atoms with Crippen LogP contribution in [0.5, 0.6) is 0 Å². The summed E-state index contributed by atoms with van der Waals surface area (Å²) in [5.74, 6) is -0.168. The highest BCUT2D eigenvalue weighted by Gasteiger charge is 2.18. The van der Waals surface area contributed by atoms with Crippen LogP contribution in [0, 0.1) is 34.6 Å². The number of aryl methyl sites for hydroxylation is 5. The van der Waals surface area contributed by atoms with Crippen LogP contribution >= 0.6 is 0 Å². The predicted molar refractivity (Wildman–Crippen MR) is 108 cm³/mol. The summed E-state index contributed by atoms with van der Waals surface area (Å²) in [6, 6.07) is 6.33. The minimum atomic E-state index is -0.168. The first-order valence-electron chi connectivity index (χ1n) is 9.42. The van der Waals surface area contributed by atoms with Gasteiger partial charge in [0.05, 0.1) is 18.0 Å². The molecule has 2 heterocycles. The second kappa shape index (κ2) is 7.51. The average Bonchev–Trinajstić information content (AvgIpc) is 2.94. The van der Waals surface area contributed by atoms with E-state index in [1.54, 1.807) is 0 Å². The Hall–Kier alpha value is -2.69. The van der Waals surface area contributed by atoms with Gasteiger partial charge < -0.3 is 4.74 Å². The first-order chi connectivity index (χ1) is 12.8. The molecule has 0 aliphatic carbocycles. The van der Waals surface area contributed by atoms with Crippen LogP contribution in [0.15, 0.2) is 18.2 Å². The monoisotopic (exact) mass is 365 g/mol. The summed E-state index contributed by atoms with van der Waals surface area (Å²) in [7, 11) is 0. The SMILES string of the molecule is CCOC(=O)CCc1c(C)nc2c(c(C)nn2-c2ccc(C)c(C)c2)c1C. The van der Waals surface area contributed by atoms with Crippen molar-refractivity contribution in [2.24, 2.45) is 0 Å². The molecule has 0 saturated carbocycles. The Bertz CT molecular complexity index is 1020. The summed E-state index contributed by atoms with van der Waals surface area (Å²) in [5.41, 5.74) is 8.52. The third-order valence-electron chi connectivity index (χ3n) is 5.19. The highest BCUT2D eigenvalue weighted by Crippen LogP contribution is 2.28. The molecule has 5 heteroatoms. The van der Waals surface area contributed by atoms with E-state index < -0.39 is 0 Å². The van der Waals surface area contributed by atoms with Crippen molar-refractivity contribution in [1.29, 1.82) is 0 Å². The minimum absolute atomic E-state index is 0.168. The van der Waals surface area contributed by atoms with Gasteiger partial charge >= 0.3 is 5.97 Å². The third kappa shape index (κ3) is 3.59. The summed E-state index contributed by atoms with van der Waals surface area (Å²) < 4.78 is 6.98. The molecule has 3 aromatic rings. The molecule has 0 radical (unpaired) electrons. The van der Waals surface area contributed by atoms with Gasteiger partial charge in [-0.15, -0.1) is 0 Å². The summed E-state index contributed by atoms with van der Waals surface area (Å²) in [6.45, 7) is 12.6. The lowest BCUT2D eigenvalue weighted by Gasteiger charge is -2.12. The van der Waals surface area contributed by atoms with E-state index in [9.17, 15) is 4.79 Å². The first kappa shape index (κ1) is 19.1. The van der Waals surface area contributed by atoms with Crippen LogP contribution in [-0.4, -0.2) is 27.3 Å². The van der Waals surface area contributed by atoms with Crippen molar-refractivity contribution in [2.45, 2.75) is 54.4 Å². The Morgan fingerprint density at radius 1 is 1.07 bits per heavy atom. The normalized spacial score (nSPS) is 11.2. The number of hydrogen-bond acceptors (Lipinski definition) is 4. The molecule has 0 spiro atoms. The molecule has 5 nitrogen and oxygen atoms in total.